The van der Waals surface area contributed by atoms with E-state index in [4.69, 9.17) is 4.52 Å². The van der Waals surface area contributed by atoms with Crippen LogP contribution in [0, 0.1) is 0 Å². The predicted molar refractivity (Wildman–Crippen MR) is 66.3 cm³/mol. The van der Waals surface area contributed by atoms with Crippen LogP contribution in [0.2, 0.25) is 0 Å². The van der Waals surface area contributed by atoms with Gasteiger partial charge in [-0.2, -0.15) is 0 Å². The van der Waals surface area contributed by atoms with Crippen molar-refractivity contribution < 1.29 is 4.52 Å². The molecular formula is C13H17N3O. The molecule has 0 aliphatic carbocycles. The summed E-state index contributed by atoms with van der Waals surface area (Å²) >= 11 is 0. The van der Waals surface area contributed by atoms with Crippen molar-refractivity contribution in [2.24, 2.45) is 0 Å². The van der Waals surface area contributed by atoms with Crippen LogP contribution in [0.25, 0.3) is 11.3 Å². The fraction of sp³-hybridized carbons (Fsp3) is 0.385. The lowest BCUT2D eigenvalue weighted by Crippen LogP contribution is -2.25. The van der Waals surface area contributed by atoms with E-state index in [1.807, 2.05) is 18.2 Å². The Bertz CT molecular complexity index is 465. The van der Waals surface area contributed by atoms with Crippen LogP contribution in [0.1, 0.15) is 19.5 Å². The Kier molecular flexibility index (Phi) is 3.54. The van der Waals surface area contributed by atoms with E-state index in [-0.39, 0.29) is 0 Å². The zero-order valence-electron chi connectivity index (χ0n) is 10.4. The topological polar surface area (TPSA) is 42.2 Å². The van der Waals surface area contributed by atoms with Gasteiger partial charge in [-0.3, -0.25) is 9.88 Å². The largest absolute Gasteiger partial charge is 0.356 e. The minimum atomic E-state index is 0.496. The first-order valence-electron chi connectivity index (χ1n) is 5.73. The van der Waals surface area contributed by atoms with Crippen molar-refractivity contribution in [3.8, 4) is 11.3 Å². The standard InChI is InChI=1S/C13H17N3O/c1-10(2)16(3)9-12-8-13(17-15-12)11-4-6-14-7-5-11/h4-8,10H,9H2,1-3H3. The zero-order valence-corrected chi connectivity index (χ0v) is 10.4. The van der Waals surface area contributed by atoms with Gasteiger partial charge in [0.15, 0.2) is 5.76 Å². The molecule has 0 aliphatic rings. The Morgan fingerprint density at radius 1 is 1.29 bits per heavy atom. The number of rotatable bonds is 4. The van der Waals surface area contributed by atoms with Crippen LogP contribution < -0.4 is 0 Å². The number of hydrogen-bond donors (Lipinski definition) is 0. The lowest BCUT2D eigenvalue weighted by molar-refractivity contribution is 0.257. The summed E-state index contributed by atoms with van der Waals surface area (Å²) in [6.45, 7) is 5.11. The molecule has 0 spiro atoms. The average Bonchev–Trinajstić information content (AvgIpc) is 2.78. The van der Waals surface area contributed by atoms with Gasteiger partial charge >= 0.3 is 0 Å². The zero-order chi connectivity index (χ0) is 12.3. The quantitative estimate of drug-likeness (QED) is 0.811. The molecule has 2 aromatic rings. The molecule has 0 aliphatic heterocycles. The molecule has 0 aromatic carbocycles. The van der Waals surface area contributed by atoms with E-state index < -0.39 is 0 Å². The molecule has 17 heavy (non-hydrogen) atoms. The van der Waals surface area contributed by atoms with Gasteiger partial charge in [0.1, 0.15) is 0 Å². The van der Waals surface area contributed by atoms with E-state index >= 15 is 0 Å². The van der Waals surface area contributed by atoms with Gasteiger partial charge in [0, 0.05) is 36.6 Å². The van der Waals surface area contributed by atoms with Crippen molar-refractivity contribution in [2.75, 3.05) is 7.05 Å². The van der Waals surface area contributed by atoms with Crippen molar-refractivity contribution >= 4 is 0 Å². The lowest BCUT2D eigenvalue weighted by Gasteiger charge is -2.18. The molecule has 2 aromatic heterocycles. The van der Waals surface area contributed by atoms with E-state index in [0.717, 1.165) is 23.6 Å². The summed E-state index contributed by atoms with van der Waals surface area (Å²) in [4.78, 5) is 6.20. The first kappa shape index (κ1) is 11.8. The van der Waals surface area contributed by atoms with Crippen molar-refractivity contribution in [1.82, 2.24) is 15.0 Å². The van der Waals surface area contributed by atoms with E-state index in [1.165, 1.54) is 0 Å². The van der Waals surface area contributed by atoms with E-state index in [0.29, 0.717) is 6.04 Å². The first-order valence-corrected chi connectivity index (χ1v) is 5.73. The van der Waals surface area contributed by atoms with Crippen LogP contribution in [0.4, 0.5) is 0 Å². The van der Waals surface area contributed by atoms with Crippen molar-refractivity contribution in [3.63, 3.8) is 0 Å². The first-order chi connectivity index (χ1) is 8.16. The molecule has 2 heterocycles. The number of aromatic nitrogens is 2. The van der Waals surface area contributed by atoms with E-state index in [2.05, 4.69) is 35.9 Å². The second-order valence-corrected chi connectivity index (χ2v) is 4.43. The molecule has 90 valence electrons. The number of nitrogens with zero attached hydrogens (tertiary/aromatic N) is 3. The summed E-state index contributed by atoms with van der Waals surface area (Å²) < 4.78 is 5.33. The monoisotopic (exact) mass is 231 g/mol. The minimum absolute atomic E-state index is 0.496. The summed E-state index contributed by atoms with van der Waals surface area (Å²) in [6, 6.07) is 6.30. The van der Waals surface area contributed by atoms with Crippen LogP contribution in [0.5, 0.6) is 0 Å². The smallest absolute Gasteiger partial charge is 0.167 e. The highest BCUT2D eigenvalue weighted by molar-refractivity contribution is 5.56. The SMILES string of the molecule is CC(C)N(C)Cc1cc(-c2ccncc2)on1. The van der Waals surface area contributed by atoms with Crippen LogP contribution in [-0.2, 0) is 6.54 Å². The van der Waals surface area contributed by atoms with Gasteiger partial charge in [-0.1, -0.05) is 5.16 Å². The molecule has 0 fully saturated rings. The average molecular weight is 231 g/mol. The molecule has 0 saturated heterocycles. The summed E-state index contributed by atoms with van der Waals surface area (Å²) in [5.41, 5.74) is 1.96. The summed E-state index contributed by atoms with van der Waals surface area (Å²) in [5, 5.41) is 4.08. The molecule has 0 unspecified atom stereocenters. The Morgan fingerprint density at radius 2 is 2.00 bits per heavy atom. The van der Waals surface area contributed by atoms with Crippen LogP contribution >= 0.6 is 0 Å². The maximum atomic E-state index is 5.33. The highest BCUT2D eigenvalue weighted by Gasteiger charge is 2.10. The molecule has 0 saturated carbocycles. The molecule has 0 bridgehead atoms. The van der Waals surface area contributed by atoms with Crippen LogP contribution in [-0.4, -0.2) is 28.1 Å². The Balaban J connectivity index is 2.12. The fourth-order valence-electron chi connectivity index (χ4n) is 1.48. The third kappa shape index (κ3) is 2.91. The second kappa shape index (κ2) is 5.10. The van der Waals surface area contributed by atoms with Gasteiger partial charge in [0.2, 0.25) is 0 Å². The molecule has 4 nitrogen and oxygen atoms in total. The van der Waals surface area contributed by atoms with Crippen molar-refractivity contribution in [2.45, 2.75) is 26.4 Å². The molecule has 4 heteroatoms. The molecule has 2 rings (SSSR count). The van der Waals surface area contributed by atoms with Gasteiger partial charge in [0.25, 0.3) is 0 Å². The normalized spacial score (nSPS) is 11.4. The van der Waals surface area contributed by atoms with Gasteiger partial charge in [-0.15, -0.1) is 0 Å². The van der Waals surface area contributed by atoms with Crippen molar-refractivity contribution in [3.05, 3.63) is 36.3 Å². The Labute approximate surface area is 101 Å². The second-order valence-electron chi connectivity index (χ2n) is 4.43. The molecule has 0 radical (unpaired) electrons. The summed E-state index contributed by atoms with van der Waals surface area (Å²) in [6.07, 6.45) is 3.50. The maximum absolute atomic E-state index is 5.33. The summed E-state index contributed by atoms with van der Waals surface area (Å²) in [7, 11) is 2.07. The molecular weight excluding hydrogens is 214 g/mol. The number of pyridine rings is 1. The molecule has 0 amide bonds. The minimum Gasteiger partial charge on any atom is -0.356 e. The number of hydrogen-bond acceptors (Lipinski definition) is 4. The Morgan fingerprint density at radius 3 is 2.65 bits per heavy atom. The fourth-order valence-corrected chi connectivity index (χ4v) is 1.48. The van der Waals surface area contributed by atoms with Gasteiger partial charge < -0.3 is 4.52 Å². The summed E-state index contributed by atoms with van der Waals surface area (Å²) in [5.74, 6) is 0.791. The maximum Gasteiger partial charge on any atom is 0.167 e. The third-order valence-corrected chi connectivity index (χ3v) is 2.82. The van der Waals surface area contributed by atoms with E-state index in [1.54, 1.807) is 12.4 Å². The molecule has 0 N–H and O–H groups in total. The predicted octanol–water partition coefficient (Wildman–Crippen LogP) is 2.58. The molecule has 0 atom stereocenters. The van der Waals surface area contributed by atoms with Gasteiger partial charge in [-0.25, -0.2) is 0 Å². The highest BCUT2D eigenvalue weighted by atomic mass is 16.5. The van der Waals surface area contributed by atoms with Gasteiger partial charge in [0.05, 0.1) is 5.69 Å². The van der Waals surface area contributed by atoms with E-state index in [9.17, 15) is 0 Å². The third-order valence-electron chi connectivity index (χ3n) is 2.82. The highest BCUT2D eigenvalue weighted by Crippen LogP contribution is 2.19. The van der Waals surface area contributed by atoms with Gasteiger partial charge in [-0.05, 0) is 33.0 Å². The lowest BCUT2D eigenvalue weighted by atomic mass is 10.2. The van der Waals surface area contributed by atoms with Crippen molar-refractivity contribution in [1.29, 1.82) is 0 Å². The van der Waals surface area contributed by atoms with Crippen LogP contribution in [0.3, 0.4) is 0 Å². The Hall–Kier alpha value is -1.68. The van der Waals surface area contributed by atoms with Crippen LogP contribution in [0.15, 0.2) is 35.1 Å².